The number of carbonyl (C=O) groups is 1. The van der Waals surface area contributed by atoms with Crippen LogP contribution >= 0.6 is 0 Å². The van der Waals surface area contributed by atoms with Gasteiger partial charge in [0.2, 0.25) is 0 Å². The highest BCUT2D eigenvalue weighted by Gasteiger charge is 2.26. The lowest BCUT2D eigenvalue weighted by Crippen LogP contribution is -2.37. The van der Waals surface area contributed by atoms with Crippen LogP contribution in [0.3, 0.4) is 0 Å². The number of carbonyl (C=O) groups excluding carboxylic acids is 1. The molecule has 2 heterocycles. The maximum Gasteiger partial charge on any atom is 0.274 e. The summed E-state index contributed by atoms with van der Waals surface area (Å²) in [5, 5.41) is 4.61. The van der Waals surface area contributed by atoms with E-state index in [2.05, 4.69) is 5.10 Å². The molecule has 3 aromatic rings. The molecule has 2 aromatic carbocycles. The minimum atomic E-state index is -0.103. The molecule has 6 heteroatoms. The van der Waals surface area contributed by atoms with Gasteiger partial charge in [-0.15, -0.1) is 0 Å². The fourth-order valence-corrected chi connectivity index (χ4v) is 3.86. The molecule has 1 aromatic heterocycles. The maximum absolute atomic E-state index is 13.5. The van der Waals surface area contributed by atoms with E-state index >= 15 is 0 Å². The first kappa shape index (κ1) is 20.2. The minimum absolute atomic E-state index is 0.0564. The maximum atomic E-state index is 13.5. The fraction of sp³-hybridized carbons (Fsp3) is 0.333. The fourth-order valence-electron chi connectivity index (χ4n) is 3.86. The van der Waals surface area contributed by atoms with E-state index in [-0.39, 0.29) is 12.0 Å². The Hall–Kier alpha value is -3.12. The quantitative estimate of drug-likeness (QED) is 0.596. The van der Waals surface area contributed by atoms with E-state index in [4.69, 9.17) is 9.47 Å². The van der Waals surface area contributed by atoms with Crippen LogP contribution in [0.2, 0.25) is 0 Å². The lowest BCUT2D eigenvalue weighted by atomic mass is 10.1. The number of ether oxygens (including phenoxy) is 2. The van der Waals surface area contributed by atoms with Gasteiger partial charge in [0.15, 0.2) is 5.69 Å². The molecule has 0 saturated carbocycles. The molecule has 0 aliphatic carbocycles. The molecule has 0 radical (unpaired) electrons. The summed E-state index contributed by atoms with van der Waals surface area (Å²) in [6.45, 7) is 3.69. The van der Waals surface area contributed by atoms with Gasteiger partial charge in [0.05, 0.1) is 18.9 Å². The van der Waals surface area contributed by atoms with E-state index in [1.54, 1.807) is 11.8 Å². The summed E-state index contributed by atoms with van der Waals surface area (Å²) in [7, 11) is 1.65. The van der Waals surface area contributed by atoms with Gasteiger partial charge in [0.1, 0.15) is 5.75 Å². The molecule has 1 saturated heterocycles. The number of aryl methyl sites for hydroxylation is 1. The van der Waals surface area contributed by atoms with Crippen molar-refractivity contribution in [3.63, 3.8) is 0 Å². The van der Waals surface area contributed by atoms with Gasteiger partial charge in [-0.25, -0.2) is 4.68 Å². The largest absolute Gasteiger partial charge is 0.496 e. The molecule has 0 spiro atoms. The van der Waals surface area contributed by atoms with Crippen LogP contribution in [0.25, 0.3) is 5.69 Å². The van der Waals surface area contributed by atoms with Gasteiger partial charge < -0.3 is 14.4 Å². The number of nitrogens with zero attached hydrogens (tertiary/aromatic N) is 3. The normalized spacial score (nSPS) is 15.9. The lowest BCUT2D eigenvalue weighted by Gasteiger charge is -2.25. The molecule has 0 N–H and O–H groups in total. The van der Waals surface area contributed by atoms with Gasteiger partial charge >= 0.3 is 0 Å². The molecule has 1 atom stereocenters. The van der Waals surface area contributed by atoms with Crippen LogP contribution in [0.4, 0.5) is 0 Å². The molecule has 1 aliphatic rings. The van der Waals surface area contributed by atoms with Crippen molar-refractivity contribution < 1.29 is 14.3 Å². The van der Waals surface area contributed by atoms with Crippen LogP contribution in [-0.2, 0) is 11.3 Å². The second-order valence-corrected chi connectivity index (χ2v) is 7.55. The van der Waals surface area contributed by atoms with Gasteiger partial charge in [-0.3, -0.25) is 4.79 Å². The Balaban J connectivity index is 1.62. The Bertz CT molecular complexity index is 994. The Kier molecular flexibility index (Phi) is 6.14. The van der Waals surface area contributed by atoms with Crippen molar-refractivity contribution in [3.8, 4) is 11.4 Å². The van der Waals surface area contributed by atoms with Crippen molar-refractivity contribution in [1.29, 1.82) is 0 Å². The average Bonchev–Trinajstić information content (AvgIpc) is 3.43. The summed E-state index contributed by atoms with van der Waals surface area (Å²) < 4.78 is 13.1. The Morgan fingerprint density at radius 3 is 2.70 bits per heavy atom. The van der Waals surface area contributed by atoms with Crippen LogP contribution in [-0.4, -0.2) is 47.0 Å². The predicted molar refractivity (Wildman–Crippen MR) is 115 cm³/mol. The highest BCUT2D eigenvalue weighted by atomic mass is 16.5. The molecular formula is C24H27N3O3. The molecule has 156 valence electrons. The van der Waals surface area contributed by atoms with Crippen LogP contribution in [0.1, 0.15) is 34.6 Å². The zero-order chi connectivity index (χ0) is 20.9. The van der Waals surface area contributed by atoms with E-state index in [0.717, 1.165) is 42.1 Å². The molecule has 1 unspecified atom stereocenters. The second-order valence-electron chi connectivity index (χ2n) is 7.55. The van der Waals surface area contributed by atoms with Crippen molar-refractivity contribution in [2.45, 2.75) is 32.4 Å². The topological polar surface area (TPSA) is 56.6 Å². The number of hydrogen-bond acceptors (Lipinski definition) is 4. The molecule has 4 rings (SSSR count). The van der Waals surface area contributed by atoms with E-state index in [1.165, 1.54) is 0 Å². The molecule has 30 heavy (non-hydrogen) atoms. The zero-order valence-corrected chi connectivity index (χ0v) is 17.5. The van der Waals surface area contributed by atoms with Gasteiger partial charge in [0, 0.05) is 31.0 Å². The average molecular weight is 405 g/mol. The number of methoxy groups -OCH3 is 1. The van der Waals surface area contributed by atoms with Crippen LogP contribution in [0, 0.1) is 6.92 Å². The summed E-state index contributed by atoms with van der Waals surface area (Å²) in [5.74, 6) is 0.669. The van der Waals surface area contributed by atoms with Crippen molar-refractivity contribution in [3.05, 3.63) is 77.6 Å². The first-order chi connectivity index (χ1) is 14.7. The van der Waals surface area contributed by atoms with E-state index in [1.807, 2.05) is 72.5 Å². The van der Waals surface area contributed by atoms with Gasteiger partial charge in [-0.1, -0.05) is 36.4 Å². The monoisotopic (exact) mass is 405 g/mol. The number of aromatic nitrogens is 2. The third-order valence-electron chi connectivity index (χ3n) is 5.40. The van der Waals surface area contributed by atoms with Crippen LogP contribution < -0.4 is 4.74 Å². The highest BCUT2D eigenvalue weighted by molar-refractivity contribution is 5.92. The third kappa shape index (κ3) is 4.39. The molecule has 1 fully saturated rings. The number of rotatable bonds is 7. The van der Waals surface area contributed by atoms with Crippen molar-refractivity contribution in [2.24, 2.45) is 0 Å². The van der Waals surface area contributed by atoms with Gasteiger partial charge in [-0.2, -0.15) is 5.10 Å². The summed E-state index contributed by atoms with van der Waals surface area (Å²) in [4.78, 5) is 15.3. The number of benzene rings is 2. The Morgan fingerprint density at radius 1 is 1.20 bits per heavy atom. The van der Waals surface area contributed by atoms with Crippen LogP contribution in [0.15, 0.2) is 60.7 Å². The predicted octanol–water partition coefficient (Wildman–Crippen LogP) is 4.01. The van der Waals surface area contributed by atoms with Gasteiger partial charge in [0.25, 0.3) is 5.91 Å². The third-order valence-corrected chi connectivity index (χ3v) is 5.40. The molecular weight excluding hydrogens is 378 g/mol. The molecule has 1 aliphatic heterocycles. The first-order valence-corrected chi connectivity index (χ1v) is 10.3. The minimum Gasteiger partial charge on any atom is -0.496 e. The second kappa shape index (κ2) is 9.13. The van der Waals surface area contributed by atoms with Crippen molar-refractivity contribution in [2.75, 3.05) is 20.3 Å². The summed E-state index contributed by atoms with van der Waals surface area (Å²) in [6, 6.07) is 19.5. The molecule has 6 nitrogen and oxygen atoms in total. The summed E-state index contributed by atoms with van der Waals surface area (Å²) in [5.41, 5.74) is 3.25. The smallest absolute Gasteiger partial charge is 0.274 e. The van der Waals surface area contributed by atoms with Crippen LogP contribution in [0.5, 0.6) is 5.75 Å². The Labute approximate surface area is 177 Å². The number of para-hydroxylation sites is 2. The van der Waals surface area contributed by atoms with E-state index in [9.17, 15) is 4.79 Å². The lowest BCUT2D eigenvalue weighted by molar-refractivity contribution is 0.0501. The van der Waals surface area contributed by atoms with Crippen molar-refractivity contribution in [1.82, 2.24) is 14.7 Å². The Morgan fingerprint density at radius 2 is 1.97 bits per heavy atom. The van der Waals surface area contributed by atoms with E-state index < -0.39 is 0 Å². The zero-order valence-electron chi connectivity index (χ0n) is 17.5. The highest BCUT2D eigenvalue weighted by Crippen LogP contribution is 2.23. The first-order valence-electron chi connectivity index (χ1n) is 10.3. The SMILES string of the molecule is COc1ccccc1CN(CC1CCCO1)C(=O)c1cc(C)n(-c2ccccc2)n1. The van der Waals surface area contributed by atoms with Crippen molar-refractivity contribution >= 4 is 5.91 Å². The molecule has 0 bridgehead atoms. The number of amides is 1. The standard InChI is InChI=1S/C24H27N3O3/c1-18-15-22(25-27(18)20-10-4-3-5-11-20)24(28)26(17-21-12-8-14-30-21)16-19-9-6-7-13-23(19)29-2/h3-7,9-11,13,15,21H,8,12,14,16-17H2,1-2H3. The van der Waals surface area contributed by atoms with Gasteiger partial charge in [-0.05, 0) is 44.0 Å². The number of hydrogen-bond donors (Lipinski definition) is 0. The summed E-state index contributed by atoms with van der Waals surface area (Å²) >= 11 is 0. The molecule has 1 amide bonds. The summed E-state index contributed by atoms with van der Waals surface area (Å²) in [6.07, 6.45) is 2.05. The van der Waals surface area contributed by atoms with E-state index in [0.29, 0.717) is 18.8 Å².